The predicted molar refractivity (Wildman–Crippen MR) is 95.5 cm³/mol. The number of amides is 1. The van der Waals surface area contributed by atoms with Crippen molar-refractivity contribution in [3.8, 4) is 0 Å². The van der Waals surface area contributed by atoms with Gasteiger partial charge in [0.1, 0.15) is 6.04 Å². The second kappa shape index (κ2) is 7.77. The molecule has 0 aromatic heterocycles. The van der Waals surface area contributed by atoms with Crippen molar-refractivity contribution in [2.45, 2.75) is 45.6 Å². The first-order valence-corrected chi connectivity index (χ1v) is 8.52. The Morgan fingerprint density at radius 2 is 2.05 bits per heavy atom. The second-order valence-corrected chi connectivity index (χ2v) is 6.84. The summed E-state index contributed by atoms with van der Waals surface area (Å²) in [5.74, 6) is 0.386. The van der Waals surface area contributed by atoms with Crippen LogP contribution in [0.5, 0.6) is 0 Å². The molecule has 5 heteroatoms. The highest BCUT2D eigenvalue weighted by molar-refractivity contribution is 14.1. The summed E-state index contributed by atoms with van der Waals surface area (Å²) in [6, 6.07) is 7.66. The van der Waals surface area contributed by atoms with Gasteiger partial charge in [-0.3, -0.25) is 4.79 Å². The molecule has 2 atom stereocenters. The van der Waals surface area contributed by atoms with Crippen molar-refractivity contribution in [3.63, 3.8) is 0 Å². The molecule has 0 spiro atoms. The number of nitrogens with one attached hydrogen (secondary N) is 2. The molecule has 2 N–H and O–H groups in total. The summed E-state index contributed by atoms with van der Waals surface area (Å²) in [5.41, 5.74) is 4.76. The van der Waals surface area contributed by atoms with Gasteiger partial charge in [-0.05, 0) is 79.0 Å². The van der Waals surface area contributed by atoms with E-state index in [9.17, 15) is 4.79 Å². The third-order valence-electron chi connectivity index (χ3n) is 3.82. The van der Waals surface area contributed by atoms with Gasteiger partial charge in [0.05, 0.1) is 0 Å². The molecule has 1 amide bonds. The fourth-order valence-corrected chi connectivity index (χ4v) is 2.78. The molecule has 1 aromatic rings. The number of hydrogen-bond acceptors (Lipinski definition) is 3. The zero-order valence-electron chi connectivity index (χ0n) is 12.5. The van der Waals surface area contributed by atoms with Crippen molar-refractivity contribution in [1.29, 1.82) is 0 Å². The van der Waals surface area contributed by atoms with Crippen LogP contribution in [-0.4, -0.2) is 17.7 Å². The van der Waals surface area contributed by atoms with Gasteiger partial charge < -0.3 is 5.32 Å². The van der Waals surface area contributed by atoms with Crippen molar-refractivity contribution in [3.05, 3.63) is 27.8 Å². The molecule has 4 nitrogen and oxygen atoms in total. The van der Waals surface area contributed by atoms with Gasteiger partial charge in [-0.2, -0.15) is 5.10 Å². The number of hydrazone groups is 1. The van der Waals surface area contributed by atoms with Crippen LogP contribution in [0.2, 0.25) is 0 Å². The van der Waals surface area contributed by atoms with Gasteiger partial charge in [0.25, 0.3) is 5.91 Å². The highest BCUT2D eigenvalue weighted by Gasteiger charge is 2.17. The van der Waals surface area contributed by atoms with E-state index in [1.807, 2.05) is 31.2 Å². The van der Waals surface area contributed by atoms with Gasteiger partial charge in [0.15, 0.2) is 0 Å². The molecule has 0 aliphatic heterocycles. The topological polar surface area (TPSA) is 53.5 Å². The minimum Gasteiger partial charge on any atom is -0.374 e. The first-order valence-electron chi connectivity index (χ1n) is 7.44. The lowest BCUT2D eigenvalue weighted by Gasteiger charge is -2.20. The Hall–Kier alpha value is -1.11. The Morgan fingerprint density at radius 1 is 1.33 bits per heavy atom. The molecule has 21 heavy (non-hydrogen) atoms. The maximum Gasteiger partial charge on any atom is 0.262 e. The van der Waals surface area contributed by atoms with E-state index >= 15 is 0 Å². The summed E-state index contributed by atoms with van der Waals surface area (Å²) < 4.78 is 1.17. The number of carbonyl (C=O) groups excluding carboxylic acids is 1. The molecule has 0 bridgehead atoms. The van der Waals surface area contributed by atoms with E-state index in [0.717, 1.165) is 17.8 Å². The number of carbonyl (C=O) groups is 1. The quantitative estimate of drug-likeness (QED) is 0.598. The van der Waals surface area contributed by atoms with Gasteiger partial charge in [-0.15, -0.1) is 0 Å². The van der Waals surface area contributed by atoms with Crippen molar-refractivity contribution in [2.24, 2.45) is 11.0 Å². The van der Waals surface area contributed by atoms with Crippen molar-refractivity contribution in [2.75, 3.05) is 5.32 Å². The average Bonchev–Trinajstić information content (AvgIpc) is 2.48. The van der Waals surface area contributed by atoms with Crippen molar-refractivity contribution < 1.29 is 4.79 Å². The summed E-state index contributed by atoms with van der Waals surface area (Å²) >= 11 is 2.26. The van der Waals surface area contributed by atoms with E-state index in [0.29, 0.717) is 5.92 Å². The van der Waals surface area contributed by atoms with Crippen LogP contribution in [0, 0.1) is 9.49 Å². The minimum atomic E-state index is -0.312. The van der Waals surface area contributed by atoms with Gasteiger partial charge in [-0.1, -0.05) is 13.3 Å². The van der Waals surface area contributed by atoms with E-state index in [2.05, 4.69) is 45.4 Å². The lowest BCUT2D eigenvalue weighted by atomic mass is 9.89. The first-order chi connectivity index (χ1) is 10.1. The minimum absolute atomic E-state index is 0.0983. The normalized spacial score (nSPS) is 21.9. The fourth-order valence-electron chi connectivity index (χ4n) is 2.42. The van der Waals surface area contributed by atoms with E-state index in [1.54, 1.807) is 0 Å². The Bertz CT molecular complexity index is 513. The Kier molecular flexibility index (Phi) is 6.02. The van der Waals surface area contributed by atoms with Gasteiger partial charge >= 0.3 is 0 Å². The van der Waals surface area contributed by atoms with E-state index < -0.39 is 0 Å². The lowest BCUT2D eigenvalue weighted by molar-refractivity contribution is -0.121. The third kappa shape index (κ3) is 4.98. The summed E-state index contributed by atoms with van der Waals surface area (Å²) in [5, 5.41) is 7.50. The smallest absolute Gasteiger partial charge is 0.262 e. The Balaban J connectivity index is 1.87. The lowest BCUT2D eigenvalue weighted by Crippen LogP contribution is -2.36. The molecule has 1 aromatic carbocycles. The molecular formula is C16H22IN3O. The molecule has 114 valence electrons. The monoisotopic (exact) mass is 399 g/mol. The standard InChI is InChI=1S/C16H22IN3O/c1-11-5-3-4-6-15(11)19-20-16(21)12(2)18-14-9-7-13(17)8-10-14/h7-12,18H,3-6H2,1-2H3,(H,20,21)/b19-15+. The molecule has 1 aliphatic rings. The summed E-state index contributed by atoms with van der Waals surface area (Å²) in [6.07, 6.45) is 4.61. The van der Waals surface area contributed by atoms with Crippen LogP contribution in [0.25, 0.3) is 0 Å². The van der Waals surface area contributed by atoms with Gasteiger partial charge in [-0.25, -0.2) is 5.43 Å². The number of halogens is 1. The largest absolute Gasteiger partial charge is 0.374 e. The highest BCUT2D eigenvalue weighted by atomic mass is 127. The van der Waals surface area contributed by atoms with Crippen molar-refractivity contribution >= 4 is 39.9 Å². The molecule has 2 rings (SSSR count). The van der Waals surface area contributed by atoms with E-state index in [1.165, 1.54) is 22.8 Å². The number of nitrogens with zero attached hydrogens (tertiary/aromatic N) is 1. The van der Waals surface area contributed by atoms with Gasteiger partial charge in [0, 0.05) is 15.0 Å². The zero-order chi connectivity index (χ0) is 15.2. The average molecular weight is 399 g/mol. The number of benzene rings is 1. The first kappa shape index (κ1) is 16.3. The number of anilines is 1. The Morgan fingerprint density at radius 3 is 2.71 bits per heavy atom. The molecule has 2 unspecified atom stereocenters. The van der Waals surface area contributed by atoms with E-state index in [4.69, 9.17) is 0 Å². The number of rotatable bonds is 4. The van der Waals surface area contributed by atoms with Crippen LogP contribution in [-0.2, 0) is 4.79 Å². The molecule has 1 aliphatic carbocycles. The molecule has 0 saturated heterocycles. The zero-order valence-corrected chi connectivity index (χ0v) is 14.7. The Labute approximate surface area is 139 Å². The summed E-state index contributed by atoms with van der Waals surface area (Å²) in [7, 11) is 0. The highest BCUT2D eigenvalue weighted by Crippen LogP contribution is 2.20. The van der Waals surface area contributed by atoms with Crippen LogP contribution in [0.15, 0.2) is 29.4 Å². The predicted octanol–water partition coefficient (Wildman–Crippen LogP) is 3.77. The maximum atomic E-state index is 12.1. The molecular weight excluding hydrogens is 377 g/mol. The van der Waals surface area contributed by atoms with Crippen LogP contribution >= 0.6 is 22.6 Å². The van der Waals surface area contributed by atoms with Crippen LogP contribution in [0.1, 0.15) is 39.5 Å². The molecule has 1 fully saturated rings. The van der Waals surface area contributed by atoms with Crippen LogP contribution in [0.3, 0.4) is 0 Å². The SMILES string of the molecule is CC(Nc1ccc(I)cc1)C(=O)N/N=C1\CCCCC1C. The van der Waals surface area contributed by atoms with E-state index in [-0.39, 0.29) is 11.9 Å². The second-order valence-electron chi connectivity index (χ2n) is 5.60. The molecule has 0 heterocycles. The maximum absolute atomic E-state index is 12.1. The number of hydrogen-bond donors (Lipinski definition) is 2. The molecule has 0 radical (unpaired) electrons. The van der Waals surface area contributed by atoms with Gasteiger partial charge in [0.2, 0.25) is 0 Å². The molecule has 1 saturated carbocycles. The fraction of sp³-hybridized carbons (Fsp3) is 0.500. The van der Waals surface area contributed by atoms with Crippen molar-refractivity contribution in [1.82, 2.24) is 5.43 Å². The van der Waals surface area contributed by atoms with Crippen LogP contribution < -0.4 is 10.7 Å². The third-order valence-corrected chi connectivity index (χ3v) is 4.54. The summed E-state index contributed by atoms with van der Waals surface area (Å²) in [6.45, 7) is 4.02. The summed E-state index contributed by atoms with van der Waals surface area (Å²) in [4.78, 5) is 12.1. The van der Waals surface area contributed by atoms with Crippen LogP contribution in [0.4, 0.5) is 5.69 Å².